The van der Waals surface area contributed by atoms with Crippen molar-refractivity contribution in [2.24, 2.45) is 0 Å². The molecule has 0 aliphatic carbocycles. The molecule has 3 unspecified atom stereocenters. The zero-order chi connectivity index (χ0) is 22.0. The highest BCUT2D eigenvalue weighted by atomic mass is 32.3. The molecule has 6 rings (SSSR count). The molecule has 32 heavy (non-hydrogen) atoms. The topological polar surface area (TPSA) is 81.4 Å². The molecule has 1 spiro atoms. The largest absolute Gasteiger partial charge is 0.478 e. The average Bonchev–Trinajstić information content (AvgIpc) is 3.46. The molecular weight excluding hydrogens is 420 g/mol. The van der Waals surface area contributed by atoms with Crippen molar-refractivity contribution in [3.63, 3.8) is 0 Å². The lowest BCUT2D eigenvalue weighted by Gasteiger charge is -2.49. The van der Waals surface area contributed by atoms with E-state index in [1.165, 1.54) is 10.5 Å². The van der Waals surface area contributed by atoms with Gasteiger partial charge in [-0.25, -0.2) is 4.79 Å². The van der Waals surface area contributed by atoms with Gasteiger partial charge in [0.25, 0.3) is 0 Å². The van der Waals surface area contributed by atoms with Gasteiger partial charge in [0.2, 0.25) is 5.91 Å². The molecule has 3 atom stereocenters. The first kappa shape index (κ1) is 19.1. The Bertz CT molecular complexity index is 1330. The van der Waals surface area contributed by atoms with Gasteiger partial charge in [0, 0.05) is 10.1 Å². The summed E-state index contributed by atoms with van der Waals surface area (Å²) in [6.45, 7) is 0.482. The van der Waals surface area contributed by atoms with Crippen molar-refractivity contribution in [2.75, 3.05) is 10.7 Å². The van der Waals surface area contributed by atoms with Crippen LogP contribution in [0.5, 0.6) is 0 Å². The van der Waals surface area contributed by atoms with Gasteiger partial charge in [0.05, 0.1) is 34.7 Å². The predicted molar refractivity (Wildman–Crippen MR) is 123 cm³/mol. The molecule has 158 valence electrons. The molecule has 3 aliphatic heterocycles. The number of aromatic carboxylic acids is 1. The fourth-order valence-electron chi connectivity index (χ4n) is 5.31. The molecule has 3 aromatic carbocycles. The van der Waals surface area contributed by atoms with Crippen LogP contribution in [0.25, 0.3) is 0 Å². The minimum absolute atomic E-state index is 0.0658. The van der Waals surface area contributed by atoms with Crippen molar-refractivity contribution in [3.05, 3.63) is 94.5 Å². The molecular formula is C26H20N2O3S. The third-order valence-corrected chi connectivity index (χ3v) is 11.4. The molecule has 1 N–H and O–H groups in total. The number of nitriles is 1. The van der Waals surface area contributed by atoms with Gasteiger partial charge in [-0.2, -0.15) is 15.3 Å². The smallest absolute Gasteiger partial charge is 0.335 e. The summed E-state index contributed by atoms with van der Waals surface area (Å²) >= 11 is 0. The van der Waals surface area contributed by atoms with Crippen molar-refractivity contribution < 1.29 is 14.7 Å². The molecule has 0 saturated carbocycles. The quantitative estimate of drug-likeness (QED) is 0.586. The van der Waals surface area contributed by atoms with Gasteiger partial charge >= 0.3 is 5.97 Å². The number of hydrogen-bond donors (Lipinski definition) is 1. The summed E-state index contributed by atoms with van der Waals surface area (Å²) < 4.78 is 0. The van der Waals surface area contributed by atoms with E-state index in [0.717, 1.165) is 22.6 Å². The third kappa shape index (κ3) is 2.58. The second kappa shape index (κ2) is 6.72. The fourth-order valence-corrected chi connectivity index (χ4v) is 10.4. The van der Waals surface area contributed by atoms with Crippen molar-refractivity contribution >= 4 is 27.6 Å². The summed E-state index contributed by atoms with van der Waals surface area (Å²) in [7, 11) is -1.11. The third-order valence-electron chi connectivity index (χ3n) is 6.96. The highest BCUT2D eigenvalue weighted by Gasteiger charge is 2.69. The van der Waals surface area contributed by atoms with Gasteiger partial charge in [-0.1, -0.05) is 36.4 Å². The van der Waals surface area contributed by atoms with Crippen molar-refractivity contribution in [2.45, 2.75) is 28.4 Å². The fraction of sp³-hybridized carbons (Fsp3) is 0.192. The Morgan fingerprint density at radius 2 is 1.78 bits per heavy atom. The van der Waals surface area contributed by atoms with Gasteiger partial charge in [0.1, 0.15) is 0 Å². The molecule has 5 nitrogen and oxygen atoms in total. The lowest BCUT2D eigenvalue weighted by Crippen LogP contribution is -2.46. The van der Waals surface area contributed by atoms with Crippen LogP contribution in [0.15, 0.2) is 71.6 Å². The Morgan fingerprint density at radius 1 is 1.06 bits per heavy atom. The normalized spacial score (nSPS) is 26.1. The minimum Gasteiger partial charge on any atom is -0.478 e. The first-order chi connectivity index (χ1) is 15.5. The predicted octanol–water partition coefficient (Wildman–Crippen LogP) is 4.65. The SMILES string of the molecule is N#Cc1ccc(CN2C(=O)C(Cc3ccc(C(=O)O)cc3)S34CC3c3cccc2c34)cc1. The van der Waals surface area contributed by atoms with E-state index in [4.69, 9.17) is 5.26 Å². The molecule has 1 amide bonds. The molecule has 0 aromatic heterocycles. The van der Waals surface area contributed by atoms with Crippen molar-refractivity contribution in [3.8, 4) is 6.07 Å². The number of anilines is 1. The van der Waals surface area contributed by atoms with Crippen LogP contribution in [0.4, 0.5) is 5.69 Å². The summed E-state index contributed by atoms with van der Waals surface area (Å²) in [5.41, 5.74) is 5.33. The summed E-state index contributed by atoms with van der Waals surface area (Å²) in [5.74, 6) is 0.328. The van der Waals surface area contributed by atoms with E-state index in [1.54, 1.807) is 24.3 Å². The van der Waals surface area contributed by atoms with E-state index in [9.17, 15) is 14.7 Å². The van der Waals surface area contributed by atoms with Crippen LogP contribution < -0.4 is 4.90 Å². The number of hydrogen-bond acceptors (Lipinski definition) is 3. The number of amides is 1. The highest BCUT2D eigenvalue weighted by Crippen LogP contribution is 2.95. The molecule has 3 heterocycles. The van der Waals surface area contributed by atoms with E-state index in [2.05, 4.69) is 24.3 Å². The van der Waals surface area contributed by atoms with E-state index >= 15 is 0 Å². The minimum atomic E-state index is -1.11. The van der Waals surface area contributed by atoms with Crippen molar-refractivity contribution in [1.82, 2.24) is 0 Å². The number of carboxylic acids is 1. The molecule has 1 fully saturated rings. The summed E-state index contributed by atoms with van der Waals surface area (Å²) in [4.78, 5) is 28.4. The first-order valence-electron chi connectivity index (χ1n) is 10.6. The number of benzene rings is 3. The van der Waals surface area contributed by atoms with Crippen molar-refractivity contribution in [1.29, 1.82) is 5.26 Å². The Balaban J connectivity index is 1.36. The average molecular weight is 441 g/mol. The second-order valence-corrected chi connectivity index (χ2v) is 12.2. The number of carbonyl (C=O) groups is 2. The molecule has 1 saturated heterocycles. The standard InChI is InChI=1S/C26H20N2O3S/c27-13-17-4-6-18(7-5-17)14-28-21-3-1-2-20-23-15-32(23,24(20)21)22(25(28)29)12-16-8-10-19(11-9-16)26(30)31/h1-11,22-23H,12,14-15H2,(H,30,31). The number of rotatable bonds is 5. The maximum atomic E-state index is 13.9. The number of nitrogens with zero attached hydrogens (tertiary/aromatic N) is 2. The van der Waals surface area contributed by atoms with E-state index in [1.807, 2.05) is 29.2 Å². The van der Waals surface area contributed by atoms with Gasteiger partial charge in [-0.15, -0.1) is 0 Å². The maximum absolute atomic E-state index is 13.9. The monoisotopic (exact) mass is 440 g/mol. The van der Waals surface area contributed by atoms with Gasteiger partial charge in [-0.3, -0.25) is 4.79 Å². The van der Waals surface area contributed by atoms with Crippen LogP contribution in [-0.2, 0) is 17.8 Å². The Hall–Kier alpha value is -3.56. The molecule has 0 bridgehead atoms. The molecule has 6 heteroatoms. The van der Waals surface area contributed by atoms with Crippen LogP contribution >= 0.6 is 10.0 Å². The second-order valence-electron chi connectivity index (χ2n) is 8.63. The summed E-state index contributed by atoms with van der Waals surface area (Å²) in [5, 5.41) is 18.7. The lowest BCUT2D eigenvalue weighted by molar-refractivity contribution is -0.118. The Labute approximate surface area is 187 Å². The lowest BCUT2D eigenvalue weighted by atomic mass is 10.0. The van der Waals surface area contributed by atoms with Gasteiger partial charge < -0.3 is 10.0 Å². The zero-order valence-corrected chi connectivity index (χ0v) is 18.0. The maximum Gasteiger partial charge on any atom is 0.335 e. The molecule has 0 radical (unpaired) electrons. The molecule has 3 aliphatic rings. The van der Waals surface area contributed by atoms with Gasteiger partial charge in [0.15, 0.2) is 0 Å². The van der Waals surface area contributed by atoms with Crippen LogP contribution in [0, 0.1) is 11.3 Å². The van der Waals surface area contributed by atoms with Crippen LogP contribution in [-0.4, -0.2) is 28.0 Å². The Morgan fingerprint density at radius 3 is 2.47 bits per heavy atom. The van der Waals surface area contributed by atoms with E-state index in [-0.39, 0.29) is 16.7 Å². The van der Waals surface area contributed by atoms with Crippen LogP contribution in [0.1, 0.15) is 37.9 Å². The van der Waals surface area contributed by atoms with Gasteiger partial charge in [-0.05, 0) is 59.2 Å². The zero-order valence-electron chi connectivity index (χ0n) is 17.2. The first-order valence-corrected chi connectivity index (χ1v) is 12.5. The Kier molecular flexibility index (Phi) is 4.02. The summed E-state index contributed by atoms with van der Waals surface area (Å²) in [6.07, 6.45) is 0.641. The molecule has 3 aromatic rings. The van der Waals surface area contributed by atoms with E-state index < -0.39 is 16.0 Å². The number of carboxylic acid groups (broad SMARTS) is 1. The highest BCUT2D eigenvalue weighted by molar-refractivity contribution is 8.41. The van der Waals surface area contributed by atoms with Crippen LogP contribution in [0.2, 0.25) is 0 Å². The van der Waals surface area contributed by atoms with Crippen LogP contribution in [0.3, 0.4) is 0 Å². The number of carbonyl (C=O) groups excluding carboxylic acids is 1. The van der Waals surface area contributed by atoms with E-state index in [0.29, 0.717) is 23.8 Å². The summed E-state index contributed by atoms with van der Waals surface area (Å²) in [6, 6.07) is 22.8. The number of fused-ring (bicyclic) bond motifs is 1.